The molecule has 64 valence electrons. The molecule has 0 aliphatic carbocycles. The molecule has 11 heavy (non-hydrogen) atoms. The van der Waals surface area contributed by atoms with E-state index < -0.39 is 0 Å². The maximum atomic E-state index is 5.11. The third kappa shape index (κ3) is 7.42. The number of hydrogen-bond donors (Lipinski definition) is 1. The Morgan fingerprint density at radius 3 is 2.73 bits per heavy atom. The minimum absolute atomic E-state index is 0.841. The molecule has 0 spiro atoms. The highest BCUT2D eigenvalue weighted by atomic mass is 14.8. The van der Waals surface area contributed by atoms with Crippen molar-refractivity contribution in [3.8, 4) is 12.3 Å². The molecule has 0 fully saturated rings. The Hall–Kier alpha value is -0.480. The summed E-state index contributed by atoms with van der Waals surface area (Å²) in [4.78, 5) is 0. The summed E-state index contributed by atoms with van der Waals surface area (Å²) in [5.41, 5.74) is 0. The molecule has 0 saturated heterocycles. The average molecular weight is 153 g/mol. The fourth-order valence-corrected chi connectivity index (χ4v) is 0.838. The van der Waals surface area contributed by atoms with Gasteiger partial charge in [-0.2, -0.15) is 0 Å². The van der Waals surface area contributed by atoms with E-state index in [0.717, 1.165) is 25.4 Å². The topological polar surface area (TPSA) is 12.0 Å². The summed E-state index contributed by atoms with van der Waals surface area (Å²) < 4.78 is 0. The highest BCUT2D eigenvalue weighted by Gasteiger charge is 1.96. The lowest BCUT2D eigenvalue weighted by atomic mass is 10.1. The van der Waals surface area contributed by atoms with Crippen molar-refractivity contribution in [3.63, 3.8) is 0 Å². The number of rotatable bonds is 6. The normalized spacial score (nSPS) is 12.5. The van der Waals surface area contributed by atoms with Crippen molar-refractivity contribution in [1.29, 1.82) is 0 Å². The van der Waals surface area contributed by atoms with E-state index in [9.17, 15) is 0 Å². The summed E-state index contributed by atoms with van der Waals surface area (Å²) in [6, 6.07) is 0. The highest BCUT2D eigenvalue weighted by Crippen LogP contribution is 2.03. The van der Waals surface area contributed by atoms with Gasteiger partial charge in [-0.1, -0.05) is 20.3 Å². The van der Waals surface area contributed by atoms with Gasteiger partial charge in [0.05, 0.1) is 0 Å². The lowest BCUT2D eigenvalue weighted by molar-refractivity contribution is 0.491. The van der Waals surface area contributed by atoms with Crippen LogP contribution in [0, 0.1) is 18.3 Å². The molecule has 1 unspecified atom stereocenters. The van der Waals surface area contributed by atoms with E-state index in [1.807, 2.05) is 0 Å². The van der Waals surface area contributed by atoms with Crippen molar-refractivity contribution >= 4 is 0 Å². The fourth-order valence-electron chi connectivity index (χ4n) is 0.838. The Labute approximate surface area is 70.6 Å². The third-order valence-electron chi connectivity index (χ3n) is 1.96. The SMILES string of the molecule is C#CCCNCCC(C)CC. The molecule has 0 heterocycles. The summed E-state index contributed by atoms with van der Waals surface area (Å²) in [5.74, 6) is 3.45. The van der Waals surface area contributed by atoms with Gasteiger partial charge in [0.25, 0.3) is 0 Å². The zero-order chi connectivity index (χ0) is 8.53. The van der Waals surface area contributed by atoms with Gasteiger partial charge in [-0.25, -0.2) is 0 Å². The molecule has 0 rings (SSSR count). The number of nitrogens with one attached hydrogen (secondary N) is 1. The van der Waals surface area contributed by atoms with Crippen LogP contribution in [-0.4, -0.2) is 13.1 Å². The molecule has 1 heteroatoms. The standard InChI is InChI=1S/C10H19N/c1-4-6-8-11-9-7-10(3)5-2/h1,10-11H,5-9H2,2-3H3. The summed E-state index contributed by atoms with van der Waals surface area (Å²) in [6.07, 6.45) is 8.49. The number of hydrogen-bond acceptors (Lipinski definition) is 1. The first kappa shape index (κ1) is 10.5. The zero-order valence-corrected chi connectivity index (χ0v) is 7.69. The van der Waals surface area contributed by atoms with Gasteiger partial charge in [0, 0.05) is 13.0 Å². The molecule has 0 radical (unpaired) electrons. The lowest BCUT2D eigenvalue weighted by Crippen LogP contribution is -2.18. The molecular weight excluding hydrogens is 134 g/mol. The summed E-state index contributed by atoms with van der Waals surface area (Å²) in [7, 11) is 0. The Kier molecular flexibility index (Phi) is 7.29. The van der Waals surface area contributed by atoms with Crippen LogP contribution < -0.4 is 5.32 Å². The molecule has 0 aromatic rings. The smallest absolute Gasteiger partial charge is 0.0211 e. The first-order chi connectivity index (χ1) is 5.31. The monoisotopic (exact) mass is 153 g/mol. The predicted molar refractivity (Wildman–Crippen MR) is 50.4 cm³/mol. The lowest BCUT2D eigenvalue weighted by Gasteiger charge is -2.07. The third-order valence-corrected chi connectivity index (χ3v) is 1.96. The van der Waals surface area contributed by atoms with Crippen LogP contribution in [0.4, 0.5) is 0 Å². The second-order valence-electron chi connectivity index (χ2n) is 3.01. The van der Waals surface area contributed by atoms with Gasteiger partial charge in [0.2, 0.25) is 0 Å². The van der Waals surface area contributed by atoms with Crippen molar-refractivity contribution in [3.05, 3.63) is 0 Å². The molecule has 0 aliphatic heterocycles. The molecule has 0 bridgehead atoms. The fraction of sp³-hybridized carbons (Fsp3) is 0.800. The van der Waals surface area contributed by atoms with E-state index in [2.05, 4.69) is 25.1 Å². The first-order valence-electron chi connectivity index (χ1n) is 4.45. The van der Waals surface area contributed by atoms with Gasteiger partial charge in [-0.3, -0.25) is 0 Å². The molecule has 1 nitrogen and oxygen atoms in total. The van der Waals surface area contributed by atoms with E-state index in [1.165, 1.54) is 12.8 Å². The van der Waals surface area contributed by atoms with Gasteiger partial charge in [0.1, 0.15) is 0 Å². The summed E-state index contributed by atoms with van der Waals surface area (Å²) >= 11 is 0. The van der Waals surface area contributed by atoms with Crippen molar-refractivity contribution in [2.75, 3.05) is 13.1 Å². The van der Waals surface area contributed by atoms with E-state index in [-0.39, 0.29) is 0 Å². The Morgan fingerprint density at radius 1 is 1.45 bits per heavy atom. The molecule has 0 aromatic heterocycles. The van der Waals surface area contributed by atoms with E-state index in [1.54, 1.807) is 0 Å². The minimum Gasteiger partial charge on any atom is -0.316 e. The molecule has 0 aliphatic rings. The number of terminal acetylenes is 1. The summed E-state index contributed by atoms with van der Waals surface area (Å²) in [5, 5.41) is 3.31. The van der Waals surface area contributed by atoms with Crippen LogP contribution in [-0.2, 0) is 0 Å². The Balaban J connectivity index is 2.97. The van der Waals surface area contributed by atoms with Crippen molar-refractivity contribution in [2.45, 2.75) is 33.1 Å². The molecule has 1 N–H and O–H groups in total. The molecule has 1 atom stereocenters. The zero-order valence-electron chi connectivity index (χ0n) is 7.69. The molecule has 0 saturated carbocycles. The largest absolute Gasteiger partial charge is 0.316 e. The maximum Gasteiger partial charge on any atom is 0.0211 e. The van der Waals surface area contributed by atoms with Crippen molar-refractivity contribution in [1.82, 2.24) is 5.32 Å². The van der Waals surface area contributed by atoms with Crippen molar-refractivity contribution < 1.29 is 0 Å². The average Bonchev–Trinajstić information content (AvgIpc) is 2.04. The van der Waals surface area contributed by atoms with Gasteiger partial charge in [0.15, 0.2) is 0 Å². The molecule has 0 aromatic carbocycles. The van der Waals surface area contributed by atoms with Crippen LogP contribution in [0.15, 0.2) is 0 Å². The van der Waals surface area contributed by atoms with Gasteiger partial charge in [-0.15, -0.1) is 12.3 Å². The quantitative estimate of drug-likeness (QED) is 0.455. The van der Waals surface area contributed by atoms with Crippen LogP contribution >= 0.6 is 0 Å². The van der Waals surface area contributed by atoms with Crippen LogP contribution in [0.3, 0.4) is 0 Å². The Morgan fingerprint density at radius 2 is 2.18 bits per heavy atom. The second-order valence-corrected chi connectivity index (χ2v) is 3.01. The maximum absolute atomic E-state index is 5.11. The van der Waals surface area contributed by atoms with E-state index in [0.29, 0.717) is 0 Å². The van der Waals surface area contributed by atoms with Crippen molar-refractivity contribution in [2.24, 2.45) is 5.92 Å². The van der Waals surface area contributed by atoms with Gasteiger partial charge >= 0.3 is 0 Å². The Bertz CT molecular complexity index is 113. The van der Waals surface area contributed by atoms with Crippen LogP contribution in [0.2, 0.25) is 0 Å². The van der Waals surface area contributed by atoms with Crippen LogP contribution in [0.5, 0.6) is 0 Å². The van der Waals surface area contributed by atoms with Gasteiger partial charge < -0.3 is 5.32 Å². The minimum atomic E-state index is 0.841. The van der Waals surface area contributed by atoms with E-state index >= 15 is 0 Å². The highest BCUT2D eigenvalue weighted by molar-refractivity contribution is 4.83. The van der Waals surface area contributed by atoms with Gasteiger partial charge in [-0.05, 0) is 18.9 Å². The summed E-state index contributed by atoms with van der Waals surface area (Å²) in [6.45, 7) is 6.58. The first-order valence-corrected chi connectivity index (χ1v) is 4.45. The molecule has 0 amide bonds. The second kappa shape index (κ2) is 7.63. The van der Waals surface area contributed by atoms with Crippen LogP contribution in [0.1, 0.15) is 33.1 Å². The molecular formula is C10H19N. The van der Waals surface area contributed by atoms with E-state index in [4.69, 9.17) is 6.42 Å². The predicted octanol–water partition coefficient (Wildman–Crippen LogP) is 2.04. The van der Waals surface area contributed by atoms with Crippen LogP contribution in [0.25, 0.3) is 0 Å².